The lowest BCUT2D eigenvalue weighted by Gasteiger charge is -2.26. The van der Waals surface area contributed by atoms with Crippen LogP contribution in [0.4, 0.5) is 0 Å². The Kier molecular flexibility index (Phi) is 9.96. The molecule has 0 fully saturated rings. The lowest BCUT2D eigenvalue weighted by Crippen LogP contribution is -2.40. The van der Waals surface area contributed by atoms with Crippen molar-refractivity contribution in [2.45, 2.75) is 24.5 Å². The van der Waals surface area contributed by atoms with Crippen LogP contribution in [0.5, 0.6) is 11.5 Å². The van der Waals surface area contributed by atoms with Crippen LogP contribution in [0.25, 0.3) is 11.8 Å². The molecule has 0 spiro atoms. The molecule has 0 bridgehead atoms. The van der Waals surface area contributed by atoms with Crippen LogP contribution in [0.1, 0.15) is 35.2 Å². The quantitative estimate of drug-likeness (QED) is 0.118. The molecule has 0 radical (unpaired) electrons. The number of ether oxygens (including phenoxy) is 3. The Hall–Kier alpha value is -4.57. The monoisotopic (exact) mass is 682 g/mol. The fraction of sp³-hybridized carbons (Fsp3) is 0.162. The maximum atomic E-state index is 14.3. The van der Waals surface area contributed by atoms with Gasteiger partial charge in [0.15, 0.2) is 16.3 Å². The van der Waals surface area contributed by atoms with Crippen molar-refractivity contribution in [1.82, 2.24) is 4.57 Å². The fourth-order valence-electron chi connectivity index (χ4n) is 5.39. The van der Waals surface area contributed by atoms with E-state index in [1.165, 1.54) is 11.3 Å². The Morgan fingerprint density at radius 1 is 1.02 bits per heavy atom. The minimum atomic E-state index is -0.759. The maximum Gasteiger partial charge on any atom is 0.338 e. The number of hydrogen-bond donors (Lipinski definition) is 0. The summed E-state index contributed by atoms with van der Waals surface area (Å²) in [5.74, 6) is 0.331. The summed E-state index contributed by atoms with van der Waals surface area (Å²) in [5.41, 5.74) is 3.65. The second-order valence-corrected chi connectivity index (χ2v) is 12.8. The van der Waals surface area contributed by atoms with Crippen LogP contribution < -0.4 is 24.4 Å². The summed E-state index contributed by atoms with van der Waals surface area (Å²) in [6.07, 6.45) is 3.75. The number of halogens is 1. The van der Waals surface area contributed by atoms with E-state index in [2.05, 4.69) is 0 Å². The van der Waals surface area contributed by atoms with Crippen molar-refractivity contribution in [2.24, 2.45) is 4.99 Å². The van der Waals surface area contributed by atoms with E-state index in [1.807, 2.05) is 91.2 Å². The highest BCUT2D eigenvalue weighted by Gasteiger charge is 2.35. The van der Waals surface area contributed by atoms with E-state index in [9.17, 15) is 9.59 Å². The van der Waals surface area contributed by atoms with Crippen molar-refractivity contribution in [3.05, 3.63) is 150 Å². The Balaban J connectivity index is 1.50. The molecule has 0 saturated carbocycles. The lowest BCUT2D eigenvalue weighted by molar-refractivity contribution is -0.138. The number of aromatic nitrogens is 1. The van der Waals surface area contributed by atoms with Gasteiger partial charge in [0.2, 0.25) is 0 Å². The third-order valence-corrected chi connectivity index (χ3v) is 9.59. The Morgan fingerprint density at radius 2 is 1.72 bits per heavy atom. The van der Waals surface area contributed by atoms with Crippen molar-refractivity contribution in [2.75, 3.05) is 20.0 Å². The van der Waals surface area contributed by atoms with Crippen LogP contribution in [-0.2, 0) is 16.1 Å². The molecule has 1 aromatic heterocycles. The summed E-state index contributed by atoms with van der Waals surface area (Å²) in [4.78, 5) is 34.4. The number of carbonyl (C=O) groups excluding carboxylic acids is 1. The van der Waals surface area contributed by atoms with E-state index in [1.54, 1.807) is 48.6 Å². The van der Waals surface area contributed by atoms with Gasteiger partial charge in [0, 0.05) is 10.5 Å². The summed E-state index contributed by atoms with van der Waals surface area (Å²) in [6.45, 7) is 2.26. The van der Waals surface area contributed by atoms with E-state index in [4.69, 9.17) is 30.8 Å². The van der Waals surface area contributed by atoms with E-state index >= 15 is 0 Å². The summed E-state index contributed by atoms with van der Waals surface area (Å²) < 4.78 is 19.2. The first-order chi connectivity index (χ1) is 22.9. The van der Waals surface area contributed by atoms with Gasteiger partial charge in [0.1, 0.15) is 6.61 Å². The molecule has 4 aromatic carbocycles. The summed E-state index contributed by atoms with van der Waals surface area (Å²) >= 11 is 9.56. The van der Waals surface area contributed by atoms with E-state index in [-0.39, 0.29) is 12.2 Å². The van der Waals surface area contributed by atoms with Gasteiger partial charge in [-0.25, -0.2) is 9.79 Å². The van der Waals surface area contributed by atoms with Crippen LogP contribution in [0.15, 0.2) is 117 Å². The maximum absolute atomic E-state index is 14.3. The molecule has 0 saturated heterocycles. The minimum absolute atomic E-state index is 0.181. The molecule has 1 aliphatic rings. The summed E-state index contributed by atoms with van der Waals surface area (Å²) in [7, 11) is 1.54. The number of nitrogens with zero attached hydrogens (tertiary/aromatic N) is 2. The Labute approximate surface area is 285 Å². The van der Waals surface area contributed by atoms with E-state index < -0.39 is 12.0 Å². The zero-order chi connectivity index (χ0) is 32.9. The number of fused-ring (bicyclic) bond motifs is 1. The molecule has 2 heterocycles. The lowest BCUT2D eigenvalue weighted by atomic mass is 9.93. The number of benzene rings is 4. The molecular formula is C37H31ClN2O5S2. The van der Waals surface area contributed by atoms with Crippen molar-refractivity contribution < 1.29 is 19.0 Å². The van der Waals surface area contributed by atoms with Crippen molar-refractivity contribution >= 4 is 52.4 Å². The molecule has 6 rings (SSSR count). The second-order valence-electron chi connectivity index (χ2n) is 10.5. The van der Waals surface area contributed by atoms with Crippen molar-refractivity contribution in [3.8, 4) is 11.5 Å². The molecule has 5 aromatic rings. The van der Waals surface area contributed by atoms with Crippen molar-refractivity contribution in [1.29, 1.82) is 0 Å². The SMILES string of the molecule is CCOC(=O)C1=C(c2ccccc2)N=c2s/c(=C\c3cc(Cl)c(OCc4ccccc4)c(OC)c3)c(=O)n2[C@@H]1c1ccc(SC)cc1. The van der Waals surface area contributed by atoms with Crippen LogP contribution in [-0.4, -0.2) is 30.5 Å². The number of methoxy groups -OCH3 is 1. The van der Waals surface area contributed by atoms with Crippen LogP contribution in [0.3, 0.4) is 0 Å². The highest BCUT2D eigenvalue weighted by molar-refractivity contribution is 7.98. The van der Waals surface area contributed by atoms with Crippen molar-refractivity contribution in [3.63, 3.8) is 0 Å². The molecule has 0 N–H and O–H groups in total. The molecule has 238 valence electrons. The smallest absolute Gasteiger partial charge is 0.338 e. The van der Waals surface area contributed by atoms with Crippen LogP contribution in [0, 0.1) is 0 Å². The number of esters is 1. The van der Waals surface area contributed by atoms with Crippen LogP contribution in [0.2, 0.25) is 5.02 Å². The molecule has 1 atom stereocenters. The third kappa shape index (κ3) is 6.79. The molecule has 7 nitrogen and oxygen atoms in total. The topological polar surface area (TPSA) is 79.1 Å². The fourth-order valence-corrected chi connectivity index (χ4v) is 7.07. The Bertz CT molecular complexity index is 2130. The molecule has 10 heteroatoms. The molecular weight excluding hydrogens is 652 g/mol. The van der Waals surface area contributed by atoms with E-state index in [0.717, 1.165) is 21.6 Å². The summed E-state index contributed by atoms with van der Waals surface area (Å²) in [5, 5.41) is 0.349. The minimum Gasteiger partial charge on any atom is -0.493 e. The average Bonchev–Trinajstić information content (AvgIpc) is 3.41. The number of thioether (sulfide) groups is 1. The second kappa shape index (κ2) is 14.5. The molecule has 1 aliphatic heterocycles. The van der Waals surface area contributed by atoms with Gasteiger partial charge < -0.3 is 14.2 Å². The largest absolute Gasteiger partial charge is 0.493 e. The number of hydrogen-bond acceptors (Lipinski definition) is 8. The molecule has 0 amide bonds. The standard InChI is InChI=1S/C37H31ClN2O5S2/c1-4-44-36(42)31-32(25-13-9-6-10-14-25)39-37-40(33(31)26-15-17-27(46-3)18-16-26)35(41)30(47-37)21-24-19-28(38)34(29(20-24)43-2)45-22-23-11-7-5-8-12-23/h5-21,33H,4,22H2,1-3H3/b30-21-/t33-/m1/s1. The van der Waals surface area contributed by atoms with Gasteiger partial charge in [0.25, 0.3) is 5.56 Å². The first kappa shape index (κ1) is 32.4. The van der Waals surface area contributed by atoms with Gasteiger partial charge in [-0.2, -0.15) is 0 Å². The van der Waals surface area contributed by atoms with Crippen LogP contribution >= 0.6 is 34.7 Å². The average molecular weight is 683 g/mol. The van der Waals surface area contributed by atoms with E-state index in [0.29, 0.717) is 49.3 Å². The predicted octanol–water partition coefficient (Wildman–Crippen LogP) is 6.90. The molecule has 0 aliphatic carbocycles. The predicted molar refractivity (Wildman–Crippen MR) is 188 cm³/mol. The zero-order valence-corrected chi connectivity index (χ0v) is 28.3. The molecule has 47 heavy (non-hydrogen) atoms. The third-order valence-electron chi connectivity index (χ3n) is 7.58. The normalized spacial score (nSPS) is 14.4. The number of carbonyl (C=O) groups is 1. The summed E-state index contributed by atoms with van der Waals surface area (Å²) in [6, 6.07) is 29.9. The highest BCUT2D eigenvalue weighted by atomic mass is 35.5. The first-order valence-electron chi connectivity index (χ1n) is 14.9. The molecule has 0 unspecified atom stereocenters. The van der Waals surface area contributed by atoms with Gasteiger partial charge in [-0.1, -0.05) is 95.7 Å². The highest BCUT2D eigenvalue weighted by Crippen LogP contribution is 2.38. The van der Waals surface area contributed by atoms with Gasteiger partial charge in [-0.05, 0) is 60.2 Å². The Morgan fingerprint density at radius 3 is 2.38 bits per heavy atom. The number of rotatable bonds is 10. The number of thiazole rings is 1. The first-order valence-corrected chi connectivity index (χ1v) is 17.3. The van der Waals surface area contributed by atoms with Gasteiger partial charge >= 0.3 is 5.97 Å². The van der Waals surface area contributed by atoms with Gasteiger partial charge in [-0.3, -0.25) is 9.36 Å². The van der Waals surface area contributed by atoms with Gasteiger partial charge in [-0.15, -0.1) is 11.8 Å². The van der Waals surface area contributed by atoms with Gasteiger partial charge in [0.05, 0.1) is 40.6 Å². The zero-order valence-electron chi connectivity index (χ0n) is 25.9.